The molecule has 0 aliphatic carbocycles. The van der Waals surface area contributed by atoms with E-state index in [0.29, 0.717) is 18.2 Å². The molecule has 1 amide bonds. The van der Waals surface area contributed by atoms with Crippen LogP contribution in [0.25, 0.3) is 0 Å². The third-order valence-electron chi connectivity index (χ3n) is 4.68. The van der Waals surface area contributed by atoms with Crippen LogP contribution in [0.15, 0.2) is 59.5 Å². The summed E-state index contributed by atoms with van der Waals surface area (Å²) in [4.78, 5) is 42.6. The van der Waals surface area contributed by atoms with Crippen LogP contribution in [0.1, 0.15) is 21.5 Å². The Hall–Kier alpha value is -3.33. The molecule has 37 heavy (non-hydrogen) atoms. The molecule has 5 N–H and O–H groups in total. The van der Waals surface area contributed by atoms with Gasteiger partial charge in [-0.3, -0.25) is 18.7 Å². The van der Waals surface area contributed by atoms with Crippen molar-refractivity contribution in [2.24, 2.45) is 0 Å². The fourth-order valence-electron chi connectivity index (χ4n) is 2.97. The fourth-order valence-corrected chi connectivity index (χ4v) is 3.20. The number of benzene rings is 2. The molecular formula is C21H16BF4N2O8P. The first-order chi connectivity index (χ1) is 17.1. The number of hydrogen-bond donors (Lipinski definition) is 5. The van der Waals surface area contributed by atoms with Gasteiger partial charge >= 0.3 is 14.8 Å². The van der Waals surface area contributed by atoms with E-state index in [-0.39, 0.29) is 5.69 Å². The Kier molecular flexibility index (Phi) is 8.37. The van der Waals surface area contributed by atoms with Gasteiger partial charge in [-0.15, -0.1) is 0 Å². The van der Waals surface area contributed by atoms with Gasteiger partial charge in [0.25, 0.3) is 11.5 Å². The number of carbonyl (C=O) groups is 1. The molecule has 2 aromatic carbocycles. The summed E-state index contributed by atoms with van der Waals surface area (Å²) in [7, 11) is 2.46. The maximum absolute atomic E-state index is 13.6. The van der Waals surface area contributed by atoms with E-state index in [2.05, 4.69) is 9.84 Å². The number of nitrogens with one attached hydrogen (secondary N) is 1. The van der Waals surface area contributed by atoms with Crippen LogP contribution in [0.4, 0.5) is 23.2 Å². The van der Waals surface area contributed by atoms with Crippen molar-refractivity contribution in [3.63, 3.8) is 0 Å². The highest BCUT2D eigenvalue weighted by molar-refractivity contribution is 7.39. The van der Waals surface area contributed by atoms with Gasteiger partial charge in [0.05, 0.1) is 11.1 Å². The van der Waals surface area contributed by atoms with E-state index >= 15 is 0 Å². The van der Waals surface area contributed by atoms with Gasteiger partial charge in [-0.2, -0.15) is 13.2 Å². The molecule has 0 saturated heterocycles. The van der Waals surface area contributed by atoms with Crippen LogP contribution in [0, 0.1) is 5.82 Å². The number of aromatic nitrogens is 1. The average Bonchev–Trinajstić information content (AvgIpc) is 2.78. The molecule has 16 heteroatoms. The Morgan fingerprint density at radius 2 is 1.76 bits per heavy atom. The molecule has 1 aromatic heterocycles. The first kappa shape index (κ1) is 28.2. The van der Waals surface area contributed by atoms with Gasteiger partial charge < -0.3 is 30.1 Å². The zero-order valence-corrected chi connectivity index (χ0v) is 19.2. The molecule has 0 bridgehead atoms. The summed E-state index contributed by atoms with van der Waals surface area (Å²) in [6.07, 6.45) is -3.70. The predicted molar refractivity (Wildman–Crippen MR) is 121 cm³/mol. The van der Waals surface area contributed by atoms with Crippen molar-refractivity contribution in [2.75, 3.05) is 5.32 Å². The number of amides is 1. The number of aliphatic hydroxyl groups is 2. The lowest BCUT2D eigenvalue weighted by molar-refractivity contribution is -0.137. The van der Waals surface area contributed by atoms with E-state index in [1.165, 1.54) is 6.07 Å². The Morgan fingerprint density at radius 3 is 2.35 bits per heavy atom. The number of anilines is 1. The molecule has 1 heterocycles. The maximum atomic E-state index is 13.6. The van der Waals surface area contributed by atoms with Crippen molar-refractivity contribution in [1.82, 2.24) is 4.57 Å². The molecule has 0 aliphatic heterocycles. The quantitative estimate of drug-likeness (QED) is 0.126. The van der Waals surface area contributed by atoms with E-state index in [1.54, 1.807) is 0 Å². The Balaban J connectivity index is 1.98. The first-order valence-corrected chi connectivity index (χ1v) is 11.1. The predicted octanol–water partition coefficient (Wildman–Crippen LogP) is 2.50. The third-order valence-corrected chi connectivity index (χ3v) is 5.02. The summed E-state index contributed by atoms with van der Waals surface area (Å²) in [5, 5.41) is 21.7. The number of carbonyl (C=O) groups excluding carboxylic acids is 1. The molecule has 3 rings (SSSR count). The highest BCUT2D eigenvalue weighted by Crippen LogP contribution is 2.37. The second-order valence-corrected chi connectivity index (χ2v) is 8.13. The first-order valence-electron chi connectivity index (χ1n) is 9.90. The van der Waals surface area contributed by atoms with Crippen molar-refractivity contribution < 1.29 is 51.6 Å². The normalized spacial score (nSPS) is 12.0. The summed E-state index contributed by atoms with van der Waals surface area (Å²) in [6, 6.07) is 6.26. The molecule has 0 saturated carbocycles. The monoisotopic (exact) mass is 542 g/mol. The highest BCUT2D eigenvalue weighted by Gasteiger charge is 2.33. The van der Waals surface area contributed by atoms with Crippen LogP contribution < -0.4 is 15.6 Å². The standard InChI is InChI=1S/C21H16BF4N2O8P/c22-20(31,32)15-8-12(23)2-4-16(15)36-17-7-11(21(24,25)26)1-3-14(17)19(30)27-13-5-6-28(18(29)9-13)10-35-37(33)34/h1-9,31-34H,10H2,(H,27,30). The van der Waals surface area contributed by atoms with Gasteiger partial charge in [-0.25, -0.2) is 4.39 Å². The minimum Gasteiger partial charge on any atom is -0.456 e. The second-order valence-electron chi connectivity index (χ2n) is 7.37. The minimum absolute atomic E-state index is 0.0819. The van der Waals surface area contributed by atoms with Gasteiger partial charge in [0.2, 0.25) is 0 Å². The van der Waals surface area contributed by atoms with E-state index in [9.17, 15) is 37.4 Å². The summed E-state index contributed by atoms with van der Waals surface area (Å²) < 4.78 is 64.4. The number of pyridine rings is 1. The van der Waals surface area contributed by atoms with Gasteiger partial charge in [0.1, 0.15) is 29.7 Å². The molecule has 194 valence electrons. The smallest absolute Gasteiger partial charge is 0.416 e. The fraction of sp³-hybridized carbons (Fsp3) is 0.143. The van der Waals surface area contributed by atoms with Crippen LogP contribution in [0.2, 0.25) is 0 Å². The highest BCUT2D eigenvalue weighted by atomic mass is 31.2. The van der Waals surface area contributed by atoms with Crippen LogP contribution >= 0.6 is 8.60 Å². The van der Waals surface area contributed by atoms with E-state index < -0.39 is 72.7 Å². The number of alkyl halides is 3. The van der Waals surface area contributed by atoms with Crippen molar-refractivity contribution >= 4 is 28.0 Å². The van der Waals surface area contributed by atoms with E-state index in [0.717, 1.165) is 35.0 Å². The molecule has 0 spiro atoms. The summed E-state index contributed by atoms with van der Waals surface area (Å²) in [6.45, 7) is -0.499. The third kappa shape index (κ3) is 7.35. The number of rotatable bonds is 8. The molecule has 0 atom stereocenters. The Bertz CT molecular complexity index is 1360. The average molecular weight is 542 g/mol. The summed E-state index contributed by atoms with van der Waals surface area (Å²) in [5.74, 6) is -3.25. The molecule has 0 aliphatic rings. The van der Waals surface area contributed by atoms with Crippen LogP contribution in [-0.4, -0.2) is 38.3 Å². The molecular weight excluding hydrogens is 526 g/mol. The van der Waals surface area contributed by atoms with E-state index in [4.69, 9.17) is 22.4 Å². The number of nitrogens with zero attached hydrogens (tertiary/aromatic N) is 1. The van der Waals surface area contributed by atoms with Crippen LogP contribution in [0.5, 0.6) is 11.5 Å². The van der Waals surface area contributed by atoms with Gasteiger partial charge in [-0.05, 0) is 42.5 Å². The maximum Gasteiger partial charge on any atom is 0.416 e. The van der Waals surface area contributed by atoms with Gasteiger partial charge in [-0.1, -0.05) is 0 Å². The number of hydrogen-bond acceptors (Lipinski definition) is 8. The molecule has 0 fully saturated rings. The number of halogens is 4. The van der Waals surface area contributed by atoms with Crippen molar-refractivity contribution in [3.05, 3.63) is 87.6 Å². The number of ether oxygens (including phenoxy) is 1. The molecule has 10 nitrogen and oxygen atoms in total. The topological polar surface area (TPSA) is 150 Å². The van der Waals surface area contributed by atoms with Gasteiger partial charge in [0, 0.05) is 23.5 Å². The SMILES string of the molecule is [B]C(O)(O)c1cc(F)ccc1Oc1cc(C(F)(F)F)ccc1C(=O)Nc1ccn(COP(O)O)c(=O)c1. The zero-order valence-electron chi connectivity index (χ0n) is 18.3. The van der Waals surface area contributed by atoms with Gasteiger partial charge in [0.15, 0.2) is 7.85 Å². The molecule has 3 aromatic rings. The largest absolute Gasteiger partial charge is 0.456 e. The van der Waals surface area contributed by atoms with Crippen molar-refractivity contribution in [3.8, 4) is 11.5 Å². The van der Waals surface area contributed by atoms with Crippen molar-refractivity contribution in [2.45, 2.75) is 18.6 Å². The van der Waals surface area contributed by atoms with Crippen LogP contribution in [0.3, 0.4) is 0 Å². The Labute approximate surface area is 207 Å². The molecule has 0 unspecified atom stereocenters. The van der Waals surface area contributed by atoms with E-state index in [1.807, 2.05) is 0 Å². The lowest BCUT2D eigenvalue weighted by Gasteiger charge is -2.22. The summed E-state index contributed by atoms with van der Waals surface area (Å²) >= 11 is 0. The lowest BCUT2D eigenvalue weighted by atomic mass is 9.87. The van der Waals surface area contributed by atoms with Crippen LogP contribution in [-0.2, 0) is 23.1 Å². The minimum atomic E-state index is -4.85. The Morgan fingerprint density at radius 1 is 1.05 bits per heavy atom. The zero-order chi connectivity index (χ0) is 27.5. The summed E-state index contributed by atoms with van der Waals surface area (Å²) in [5.41, 5.74) is -6.37. The molecule has 2 radical (unpaired) electrons. The second kappa shape index (κ2) is 11.0. The van der Waals surface area contributed by atoms with Crippen molar-refractivity contribution in [1.29, 1.82) is 0 Å². The lowest BCUT2D eigenvalue weighted by Crippen LogP contribution is -2.26.